The molecule has 0 heterocycles. The van der Waals surface area contributed by atoms with Crippen LogP contribution in [0.4, 0.5) is 8.78 Å². The Hall–Kier alpha value is -0.460. The summed E-state index contributed by atoms with van der Waals surface area (Å²) in [5, 5.41) is 0. The number of hydrogen-bond acceptors (Lipinski definition) is 1. The number of alkyl halides is 1. The van der Waals surface area contributed by atoms with E-state index in [1.165, 1.54) is 19.2 Å². The summed E-state index contributed by atoms with van der Waals surface area (Å²) >= 11 is 10.1. The van der Waals surface area contributed by atoms with E-state index in [2.05, 4.69) is 47.8 Å². The van der Waals surface area contributed by atoms with Crippen LogP contribution in [-0.4, -0.2) is 7.11 Å². The van der Waals surface area contributed by atoms with Gasteiger partial charge in [-0.05, 0) is 23.8 Å². The molecule has 0 spiro atoms. The molecule has 106 valence electrons. The Labute approximate surface area is 140 Å². The van der Waals surface area contributed by atoms with Crippen LogP contribution in [-0.2, 0) is 0 Å². The van der Waals surface area contributed by atoms with Crippen LogP contribution in [0.5, 0.6) is 5.75 Å². The minimum Gasteiger partial charge on any atom is -0.497 e. The molecule has 1 atom stereocenters. The Balaban J connectivity index is 2.53. The maximum atomic E-state index is 14.1. The molecule has 0 radical (unpaired) electrons. The Morgan fingerprint density at radius 1 is 1.05 bits per heavy atom. The van der Waals surface area contributed by atoms with E-state index in [1.807, 2.05) is 12.1 Å². The van der Waals surface area contributed by atoms with Gasteiger partial charge in [-0.2, -0.15) is 0 Å². The minimum atomic E-state index is -0.657. The zero-order valence-electron chi connectivity index (χ0n) is 10.3. The van der Waals surface area contributed by atoms with Gasteiger partial charge < -0.3 is 4.74 Å². The molecule has 2 aromatic rings. The number of hydrogen-bond donors (Lipinski definition) is 0. The molecule has 0 saturated heterocycles. The van der Waals surface area contributed by atoms with Crippen LogP contribution >= 0.6 is 47.8 Å². The molecule has 0 aliphatic heterocycles. The van der Waals surface area contributed by atoms with Crippen molar-refractivity contribution in [1.29, 1.82) is 0 Å². The number of benzene rings is 2. The topological polar surface area (TPSA) is 9.23 Å². The van der Waals surface area contributed by atoms with Crippen LogP contribution in [0, 0.1) is 11.6 Å². The van der Waals surface area contributed by atoms with Crippen LogP contribution < -0.4 is 4.74 Å². The maximum absolute atomic E-state index is 14.1. The Morgan fingerprint density at radius 3 is 2.20 bits per heavy atom. The summed E-state index contributed by atoms with van der Waals surface area (Å²) in [5.41, 5.74) is 0.673. The van der Waals surface area contributed by atoms with Gasteiger partial charge in [-0.25, -0.2) is 8.78 Å². The summed E-state index contributed by atoms with van der Waals surface area (Å²) in [4.78, 5) is -0.611. The first kappa shape index (κ1) is 15.9. The van der Waals surface area contributed by atoms with Gasteiger partial charge in [-0.3, -0.25) is 0 Å². The smallest absolute Gasteiger partial charge is 0.134 e. The molecule has 0 aliphatic rings. The van der Waals surface area contributed by atoms with E-state index < -0.39 is 16.5 Å². The number of halogens is 5. The third-order valence-corrected chi connectivity index (χ3v) is 4.94. The second-order valence-corrected chi connectivity index (χ2v) is 6.72. The summed E-state index contributed by atoms with van der Waals surface area (Å²) in [6.45, 7) is 0. The second kappa shape index (κ2) is 6.54. The van der Waals surface area contributed by atoms with E-state index in [1.54, 1.807) is 6.07 Å². The van der Waals surface area contributed by atoms with Crippen LogP contribution in [0.1, 0.15) is 16.0 Å². The Kier molecular flexibility index (Phi) is 5.20. The van der Waals surface area contributed by atoms with Crippen LogP contribution in [0.25, 0.3) is 0 Å². The molecule has 0 aliphatic carbocycles. The summed E-state index contributed by atoms with van der Waals surface area (Å²) in [6, 6.07) is 7.78. The zero-order chi connectivity index (χ0) is 14.9. The molecule has 0 bridgehead atoms. The van der Waals surface area contributed by atoms with Crippen LogP contribution in [0.15, 0.2) is 39.3 Å². The lowest BCUT2D eigenvalue weighted by molar-refractivity contribution is 0.405. The summed E-state index contributed by atoms with van der Waals surface area (Å²) < 4.78 is 34.6. The molecule has 0 fully saturated rings. The summed E-state index contributed by atoms with van der Waals surface area (Å²) in [6.07, 6.45) is 0. The van der Waals surface area contributed by atoms with Crippen molar-refractivity contribution in [1.82, 2.24) is 0 Å². The normalized spacial score (nSPS) is 12.3. The van der Waals surface area contributed by atoms with Crippen molar-refractivity contribution in [2.75, 3.05) is 7.11 Å². The molecule has 0 saturated carbocycles. The standard InChI is InChI=1S/C14H9Br3F2O/c1-20-8-5-11(18)13(12(19)6-8)14(17)9-4-7(15)2-3-10(9)16/h2-6,14H,1H3. The van der Waals surface area contributed by atoms with Gasteiger partial charge in [-0.15, -0.1) is 0 Å². The van der Waals surface area contributed by atoms with Gasteiger partial charge in [-0.1, -0.05) is 47.8 Å². The molecule has 20 heavy (non-hydrogen) atoms. The predicted molar refractivity (Wildman–Crippen MR) is 85.5 cm³/mol. The largest absolute Gasteiger partial charge is 0.497 e. The first-order valence-electron chi connectivity index (χ1n) is 5.56. The fourth-order valence-electron chi connectivity index (χ4n) is 1.79. The molecular weight excluding hydrogens is 462 g/mol. The van der Waals surface area contributed by atoms with Crippen molar-refractivity contribution in [2.24, 2.45) is 0 Å². The third-order valence-electron chi connectivity index (χ3n) is 2.77. The van der Waals surface area contributed by atoms with Gasteiger partial charge in [0, 0.05) is 26.6 Å². The SMILES string of the molecule is COc1cc(F)c(C(Br)c2cc(Br)ccc2Br)c(F)c1. The quantitative estimate of drug-likeness (QED) is 0.501. The number of methoxy groups -OCH3 is 1. The van der Waals surface area contributed by atoms with E-state index in [-0.39, 0.29) is 11.3 Å². The summed E-state index contributed by atoms with van der Waals surface area (Å²) in [7, 11) is 1.37. The molecule has 6 heteroatoms. The molecule has 1 nitrogen and oxygen atoms in total. The maximum Gasteiger partial charge on any atom is 0.134 e. The molecule has 0 aromatic heterocycles. The molecule has 2 aromatic carbocycles. The molecule has 2 rings (SSSR count). The third kappa shape index (κ3) is 3.23. The molecular formula is C14H9Br3F2O. The van der Waals surface area contributed by atoms with E-state index in [0.29, 0.717) is 0 Å². The van der Waals surface area contributed by atoms with E-state index in [4.69, 9.17) is 4.74 Å². The number of rotatable bonds is 3. The Morgan fingerprint density at radius 2 is 1.65 bits per heavy atom. The van der Waals surface area contributed by atoms with Crippen molar-refractivity contribution in [3.05, 3.63) is 62.0 Å². The lowest BCUT2D eigenvalue weighted by Gasteiger charge is -2.15. The van der Waals surface area contributed by atoms with E-state index in [9.17, 15) is 8.78 Å². The van der Waals surface area contributed by atoms with Crippen LogP contribution in [0.2, 0.25) is 0 Å². The first-order valence-corrected chi connectivity index (χ1v) is 8.06. The Bertz CT molecular complexity index is 623. The average Bonchev–Trinajstić information content (AvgIpc) is 2.40. The summed E-state index contributed by atoms with van der Waals surface area (Å²) in [5.74, 6) is -1.16. The lowest BCUT2D eigenvalue weighted by Crippen LogP contribution is -2.02. The van der Waals surface area contributed by atoms with Crippen molar-refractivity contribution in [3.8, 4) is 5.75 Å². The van der Waals surface area contributed by atoms with Crippen molar-refractivity contribution < 1.29 is 13.5 Å². The molecule has 0 N–H and O–H groups in total. The van der Waals surface area contributed by atoms with E-state index >= 15 is 0 Å². The fourth-order valence-corrected chi connectivity index (χ4v) is 3.76. The highest BCUT2D eigenvalue weighted by Gasteiger charge is 2.22. The highest BCUT2D eigenvalue weighted by molar-refractivity contribution is 9.11. The van der Waals surface area contributed by atoms with Gasteiger partial charge >= 0.3 is 0 Å². The van der Waals surface area contributed by atoms with Crippen molar-refractivity contribution in [3.63, 3.8) is 0 Å². The van der Waals surface area contributed by atoms with Gasteiger partial charge in [0.05, 0.1) is 11.9 Å². The predicted octanol–water partition coefficient (Wildman–Crippen LogP) is 5.98. The van der Waals surface area contributed by atoms with Crippen LogP contribution in [0.3, 0.4) is 0 Å². The van der Waals surface area contributed by atoms with E-state index in [0.717, 1.165) is 14.5 Å². The average molecular weight is 471 g/mol. The first-order chi connectivity index (χ1) is 9.43. The van der Waals surface area contributed by atoms with Gasteiger partial charge in [0.1, 0.15) is 17.4 Å². The second-order valence-electron chi connectivity index (χ2n) is 4.03. The monoisotopic (exact) mass is 468 g/mol. The zero-order valence-corrected chi connectivity index (χ0v) is 15.0. The highest BCUT2D eigenvalue weighted by Crippen LogP contribution is 2.40. The number of ether oxygens (including phenoxy) is 1. The van der Waals surface area contributed by atoms with Gasteiger partial charge in [0.15, 0.2) is 0 Å². The van der Waals surface area contributed by atoms with Gasteiger partial charge in [0.2, 0.25) is 0 Å². The molecule has 1 unspecified atom stereocenters. The van der Waals surface area contributed by atoms with Crippen molar-refractivity contribution in [2.45, 2.75) is 4.83 Å². The van der Waals surface area contributed by atoms with Gasteiger partial charge in [0.25, 0.3) is 0 Å². The molecule has 0 amide bonds. The minimum absolute atomic E-state index is 0.0513. The highest BCUT2D eigenvalue weighted by atomic mass is 79.9. The lowest BCUT2D eigenvalue weighted by atomic mass is 10.0. The fraction of sp³-hybridized carbons (Fsp3) is 0.143. The van der Waals surface area contributed by atoms with Crippen molar-refractivity contribution >= 4 is 47.8 Å².